The van der Waals surface area contributed by atoms with Crippen LogP contribution >= 0.6 is 11.6 Å². The molecule has 2 rings (SSSR count). The van der Waals surface area contributed by atoms with Gasteiger partial charge in [-0.15, -0.1) is 12.3 Å². The second kappa shape index (κ2) is 8.57. The molecule has 6 nitrogen and oxygen atoms in total. The molecule has 4 N–H and O–H groups in total. The molecular formula is C17H21ClN4O2. The minimum atomic E-state index is -0.604. The van der Waals surface area contributed by atoms with E-state index in [4.69, 9.17) is 23.8 Å². The van der Waals surface area contributed by atoms with Crippen LogP contribution in [0, 0.1) is 12.3 Å². The standard InChI is InChI=1S/C17H21ClN4O2/c1-2-3-8-22-9-6-12(7-10-22)20-17(24)21-13-4-5-14(16(19)23)15(18)11-13/h1,4-5,11-12H,3,6-10H2,(H2,19,23)(H2,20,21,24). The number of nitrogens with two attached hydrogens (primary N) is 1. The van der Waals surface area contributed by atoms with Crippen molar-refractivity contribution in [3.63, 3.8) is 0 Å². The van der Waals surface area contributed by atoms with Crippen molar-refractivity contribution >= 4 is 29.2 Å². The molecular weight excluding hydrogens is 328 g/mol. The molecule has 1 heterocycles. The molecule has 0 bridgehead atoms. The van der Waals surface area contributed by atoms with Crippen LogP contribution in [-0.4, -0.2) is 42.5 Å². The molecule has 0 aliphatic carbocycles. The molecule has 1 fully saturated rings. The Labute approximate surface area is 146 Å². The van der Waals surface area contributed by atoms with Crippen molar-refractivity contribution in [2.45, 2.75) is 25.3 Å². The maximum Gasteiger partial charge on any atom is 0.319 e. The Morgan fingerprint density at radius 3 is 2.67 bits per heavy atom. The summed E-state index contributed by atoms with van der Waals surface area (Å²) in [5.74, 6) is 2.04. The van der Waals surface area contributed by atoms with Crippen LogP contribution in [-0.2, 0) is 0 Å². The number of terminal acetylenes is 1. The van der Waals surface area contributed by atoms with E-state index in [-0.39, 0.29) is 22.7 Å². The van der Waals surface area contributed by atoms with E-state index in [1.807, 2.05) is 0 Å². The lowest BCUT2D eigenvalue weighted by molar-refractivity contribution is 0.100. The summed E-state index contributed by atoms with van der Waals surface area (Å²) in [5, 5.41) is 5.87. The molecule has 24 heavy (non-hydrogen) atoms. The van der Waals surface area contributed by atoms with Crippen molar-refractivity contribution in [2.24, 2.45) is 5.73 Å². The SMILES string of the molecule is C#CCCN1CCC(NC(=O)Nc2ccc(C(N)=O)c(Cl)c2)CC1. The highest BCUT2D eigenvalue weighted by Crippen LogP contribution is 2.20. The minimum Gasteiger partial charge on any atom is -0.366 e. The third kappa shape index (κ3) is 5.15. The number of likely N-dealkylation sites (tertiary alicyclic amines) is 1. The average Bonchev–Trinajstić information content (AvgIpc) is 2.54. The van der Waals surface area contributed by atoms with Crippen molar-refractivity contribution in [2.75, 3.05) is 25.0 Å². The fourth-order valence-corrected chi connectivity index (χ4v) is 2.94. The van der Waals surface area contributed by atoms with Crippen molar-refractivity contribution in [1.29, 1.82) is 0 Å². The van der Waals surface area contributed by atoms with Gasteiger partial charge in [-0.05, 0) is 31.0 Å². The van der Waals surface area contributed by atoms with Gasteiger partial charge in [-0.2, -0.15) is 0 Å². The van der Waals surface area contributed by atoms with Crippen LogP contribution in [0.4, 0.5) is 10.5 Å². The zero-order valence-electron chi connectivity index (χ0n) is 13.3. The van der Waals surface area contributed by atoms with Crippen molar-refractivity contribution in [3.05, 3.63) is 28.8 Å². The lowest BCUT2D eigenvalue weighted by atomic mass is 10.1. The summed E-state index contributed by atoms with van der Waals surface area (Å²) >= 11 is 5.97. The van der Waals surface area contributed by atoms with E-state index in [0.29, 0.717) is 5.69 Å². The molecule has 0 saturated carbocycles. The monoisotopic (exact) mass is 348 g/mol. The first-order valence-electron chi connectivity index (χ1n) is 7.82. The molecule has 3 amide bonds. The number of benzene rings is 1. The maximum absolute atomic E-state index is 12.1. The van der Waals surface area contributed by atoms with Crippen LogP contribution < -0.4 is 16.4 Å². The van der Waals surface area contributed by atoms with Gasteiger partial charge in [-0.3, -0.25) is 4.79 Å². The van der Waals surface area contributed by atoms with Crippen LogP contribution in [0.5, 0.6) is 0 Å². The molecule has 0 radical (unpaired) electrons. The van der Waals surface area contributed by atoms with Crippen LogP contribution in [0.15, 0.2) is 18.2 Å². The minimum absolute atomic E-state index is 0.132. The molecule has 7 heteroatoms. The lowest BCUT2D eigenvalue weighted by Gasteiger charge is -2.31. The second-order valence-corrected chi connectivity index (χ2v) is 6.13. The smallest absolute Gasteiger partial charge is 0.319 e. The highest BCUT2D eigenvalue weighted by Gasteiger charge is 2.20. The molecule has 128 valence electrons. The molecule has 0 unspecified atom stereocenters. The van der Waals surface area contributed by atoms with E-state index < -0.39 is 5.91 Å². The number of piperidine rings is 1. The fraction of sp³-hybridized carbons (Fsp3) is 0.412. The largest absolute Gasteiger partial charge is 0.366 e. The molecule has 0 atom stereocenters. The number of anilines is 1. The first kappa shape index (κ1) is 18.1. The molecule has 1 saturated heterocycles. The summed E-state index contributed by atoms with van der Waals surface area (Å²) in [7, 11) is 0. The van der Waals surface area contributed by atoms with Crippen LogP contribution in [0.3, 0.4) is 0 Å². The molecule has 1 aliphatic rings. The zero-order valence-corrected chi connectivity index (χ0v) is 14.1. The number of hydrogen-bond donors (Lipinski definition) is 3. The summed E-state index contributed by atoms with van der Waals surface area (Å²) < 4.78 is 0. The van der Waals surface area contributed by atoms with Gasteiger partial charge in [0.05, 0.1) is 10.6 Å². The predicted molar refractivity (Wildman–Crippen MR) is 95.0 cm³/mol. The van der Waals surface area contributed by atoms with Crippen LogP contribution in [0.2, 0.25) is 5.02 Å². The van der Waals surface area contributed by atoms with E-state index >= 15 is 0 Å². The number of halogens is 1. The second-order valence-electron chi connectivity index (χ2n) is 5.73. The molecule has 0 spiro atoms. The lowest BCUT2D eigenvalue weighted by Crippen LogP contribution is -2.46. The zero-order chi connectivity index (χ0) is 17.5. The Bertz CT molecular complexity index is 648. The van der Waals surface area contributed by atoms with Gasteiger partial charge in [-0.25, -0.2) is 4.79 Å². The van der Waals surface area contributed by atoms with Gasteiger partial charge in [0, 0.05) is 37.8 Å². The van der Waals surface area contributed by atoms with Crippen molar-refractivity contribution in [1.82, 2.24) is 10.2 Å². The number of amides is 3. The summed E-state index contributed by atoms with van der Waals surface area (Å²) in [6, 6.07) is 4.43. The molecule has 1 aromatic rings. The van der Waals surface area contributed by atoms with Crippen LogP contribution in [0.1, 0.15) is 29.6 Å². The predicted octanol–water partition coefficient (Wildman–Crippen LogP) is 2.05. The average molecular weight is 349 g/mol. The number of rotatable bonds is 5. The maximum atomic E-state index is 12.1. The fourth-order valence-electron chi connectivity index (χ4n) is 2.67. The van der Waals surface area contributed by atoms with E-state index in [1.54, 1.807) is 6.07 Å². The van der Waals surface area contributed by atoms with E-state index in [2.05, 4.69) is 21.5 Å². The first-order chi connectivity index (χ1) is 11.5. The highest BCUT2D eigenvalue weighted by atomic mass is 35.5. The molecule has 0 aromatic heterocycles. The van der Waals surface area contributed by atoms with Gasteiger partial charge in [0.15, 0.2) is 0 Å². The van der Waals surface area contributed by atoms with Crippen molar-refractivity contribution < 1.29 is 9.59 Å². The van der Waals surface area contributed by atoms with E-state index in [9.17, 15) is 9.59 Å². The van der Waals surface area contributed by atoms with E-state index in [1.165, 1.54) is 12.1 Å². The van der Waals surface area contributed by atoms with Gasteiger partial charge < -0.3 is 21.3 Å². The van der Waals surface area contributed by atoms with Crippen LogP contribution in [0.25, 0.3) is 0 Å². The summed E-state index contributed by atoms with van der Waals surface area (Å²) in [6.07, 6.45) is 7.80. The number of nitrogens with one attached hydrogen (secondary N) is 2. The third-order valence-electron chi connectivity index (χ3n) is 3.99. The van der Waals surface area contributed by atoms with Crippen molar-refractivity contribution in [3.8, 4) is 12.3 Å². The number of carbonyl (C=O) groups is 2. The Balaban J connectivity index is 1.81. The van der Waals surface area contributed by atoms with Gasteiger partial charge >= 0.3 is 6.03 Å². The number of carbonyl (C=O) groups excluding carboxylic acids is 2. The number of urea groups is 1. The summed E-state index contributed by atoms with van der Waals surface area (Å²) in [6.45, 7) is 2.75. The molecule has 1 aliphatic heterocycles. The number of hydrogen-bond acceptors (Lipinski definition) is 3. The summed E-state index contributed by atoms with van der Waals surface area (Å²) in [4.78, 5) is 25.5. The Hall–Kier alpha value is -2.23. The quantitative estimate of drug-likeness (QED) is 0.712. The first-order valence-corrected chi connectivity index (χ1v) is 8.20. The molecule has 1 aromatic carbocycles. The summed E-state index contributed by atoms with van der Waals surface area (Å²) in [5.41, 5.74) is 5.93. The normalized spacial score (nSPS) is 15.5. The van der Waals surface area contributed by atoms with E-state index in [0.717, 1.165) is 38.9 Å². The highest BCUT2D eigenvalue weighted by molar-refractivity contribution is 6.34. The third-order valence-corrected chi connectivity index (χ3v) is 4.30. The Morgan fingerprint density at radius 2 is 2.08 bits per heavy atom. The topological polar surface area (TPSA) is 87.5 Å². The van der Waals surface area contributed by atoms with Gasteiger partial charge in [0.25, 0.3) is 0 Å². The Kier molecular flexibility index (Phi) is 6.47. The number of primary amides is 1. The Morgan fingerprint density at radius 1 is 1.38 bits per heavy atom. The van der Waals surface area contributed by atoms with Gasteiger partial charge in [0.2, 0.25) is 5.91 Å². The van der Waals surface area contributed by atoms with Gasteiger partial charge in [-0.1, -0.05) is 11.6 Å². The number of nitrogens with zero attached hydrogens (tertiary/aromatic N) is 1. The van der Waals surface area contributed by atoms with Gasteiger partial charge in [0.1, 0.15) is 0 Å².